The summed E-state index contributed by atoms with van der Waals surface area (Å²) in [5.41, 5.74) is 5.56. The Hall–Kier alpha value is -2.05. The molecule has 12 heteroatoms. The summed E-state index contributed by atoms with van der Waals surface area (Å²) in [5, 5.41) is 11.4. The van der Waals surface area contributed by atoms with Crippen LogP contribution < -0.4 is 11.5 Å². The van der Waals surface area contributed by atoms with E-state index in [9.17, 15) is 13.6 Å². The fourth-order valence-electron chi connectivity index (χ4n) is 1.87. The number of thioether (sulfide) groups is 1. The Labute approximate surface area is 145 Å². The monoisotopic (exact) mass is 419 g/mol. The number of hydrogen-bond acceptors (Lipinski definition) is 8. The van der Waals surface area contributed by atoms with E-state index in [0.717, 1.165) is 10.6 Å². The van der Waals surface area contributed by atoms with E-state index in [4.69, 9.17) is 5.73 Å². The zero-order valence-electron chi connectivity index (χ0n) is 11.7. The van der Waals surface area contributed by atoms with E-state index in [-0.39, 0.29) is 21.7 Å². The number of halogens is 3. The van der Waals surface area contributed by atoms with Gasteiger partial charge in [-0.2, -0.15) is 0 Å². The summed E-state index contributed by atoms with van der Waals surface area (Å²) in [6.45, 7) is 0.388. The summed E-state index contributed by atoms with van der Waals surface area (Å²) in [5.74, 6) is -2.65. The van der Waals surface area contributed by atoms with Crippen LogP contribution in [0.15, 0.2) is 35.6 Å². The highest BCUT2D eigenvalue weighted by atomic mass is 79.9. The molecule has 0 amide bonds. The molecule has 2 heterocycles. The van der Waals surface area contributed by atoms with Crippen molar-refractivity contribution >= 4 is 27.7 Å². The van der Waals surface area contributed by atoms with Crippen LogP contribution in [0.2, 0.25) is 0 Å². The molecule has 0 unspecified atom stereocenters. The number of benzene rings is 1. The highest BCUT2D eigenvalue weighted by Gasteiger charge is 2.24. The molecule has 0 spiro atoms. The Balaban J connectivity index is 2.14. The lowest BCUT2D eigenvalue weighted by molar-refractivity contribution is 0.299. The molecule has 0 saturated heterocycles. The highest BCUT2D eigenvalue weighted by Crippen LogP contribution is 2.29. The number of nitrogens with two attached hydrogens (primary N) is 1. The van der Waals surface area contributed by atoms with E-state index in [1.165, 1.54) is 17.8 Å². The number of hydrogen-bond donors (Lipinski definition) is 1. The number of rotatable bonds is 5. The van der Waals surface area contributed by atoms with Gasteiger partial charge in [-0.15, -0.1) is 0 Å². The average molecular weight is 420 g/mol. The van der Waals surface area contributed by atoms with E-state index in [2.05, 4.69) is 40.6 Å². The minimum Gasteiger partial charge on any atom is -0.330 e. The Morgan fingerprint density at radius 1 is 1.29 bits per heavy atom. The molecule has 0 aliphatic heterocycles. The van der Waals surface area contributed by atoms with Crippen molar-refractivity contribution in [3.63, 3.8) is 0 Å². The van der Waals surface area contributed by atoms with Crippen molar-refractivity contribution in [2.24, 2.45) is 5.73 Å². The molecular formula is C12H8BrF2N5O3S. The highest BCUT2D eigenvalue weighted by molar-refractivity contribution is 9.10. The molecule has 3 rings (SSSR count). The first-order chi connectivity index (χ1) is 11.5. The molecule has 1 aromatic carbocycles. The van der Waals surface area contributed by atoms with Gasteiger partial charge in [0.15, 0.2) is 22.4 Å². The quantitative estimate of drug-likeness (QED) is 0.493. The second-order valence-electron chi connectivity index (χ2n) is 4.39. The molecule has 2 aromatic heterocycles. The van der Waals surface area contributed by atoms with Gasteiger partial charge in [0.1, 0.15) is 0 Å². The Kier molecular flexibility index (Phi) is 4.78. The number of nitrogens with zero attached hydrogens (tertiary/aromatic N) is 4. The van der Waals surface area contributed by atoms with Gasteiger partial charge in [0.2, 0.25) is 5.82 Å². The van der Waals surface area contributed by atoms with Gasteiger partial charge >= 0.3 is 5.76 Å². The molecule has 2 N–H and O–H groups in total. The Morgan fingerprint density at radius 2 is 2.08 bits per heavy atom. The van der Waals surface area contributed by atoms with E-state index >= 15 is 0 Å². The van der Waals surface area contributed by atoms with E-state index < -0.39 is 17.4 Å². The summed E-state index contributed by atoms with van der Waals surface area (Å²) in [4.78, 5) is 12.0. The third kappa shape index (κ3) is 2.99. The second kappa shape index (κ2) is 6.83. The minimum absolute atomic E-state index is 0.000185. The fourth-order valence-corrected chi connectivity index (χ4v) is 2.95. The van der Waals surface area contributed by atoms with Crippen molar-refractivity contribution in [2.75, 3.05) is 12.3 Å². The van der Waals surface area contributed by atoms with Gasteiger partial charge < -0.3 is 5.73 Å². The second-order valence-corrected chi connectivity index (χ2v) is 6.32. The molecular weight excluding hydrogens is 412 g/mol. The van der Waals surface area contributed by atoms with Crippen LogP contribution in [0.4, 0.5) is 8.78 Å². The maximum Gasteiger partial charge on any atom is 0.446 e. The van der Waals surface area contributed by atoms with Gasteiger partial charge in [-0.3, -0.25) is 4.52 Å². The van der Waals surface area contributed by atoms with Gasteiger partial charge in [-0.25, -0.2) is 22.8 Å². The molecule has 0 atom stereocenters. The lowest BCUT2D eigenvalue weighted by Gasteiger charge is -2.05. The first-order valence-electron chi connectivity index (χ1n) is 6.42. The third-order valence-electron chi connectivity index (χ3n) is 2.86. The van der Waals surface area contributed by atoms with E-state index in [1.54, 1.807) is 0 Å². The van der Waals surface area contributed by atoms with Gasteiger partial charge in [-0.05, 0) is 32.3 Å². The molecule has 24 heavy (non-hydrogen) atoms. The molecule has 0 saturated carbocycles. The van der Waals surface area contributed by atoms with Gasteiger partial charge in [0, 0.05) is 18.4 Å². The standard InChI is InChI=1S/C12H8BrF2N5O3S/c13-6-3-5(4-7(14)8(6)15)20-10(18-22-12(20)21)9-11(19-23-17-9)24-2-1-16/h3-4H,1-2,16H2. The number of aromatic nitrogens is 4. The molecule has 126 valence electrons. The normalized spacial score (nSPS) is 11.2. The summed E-state index contributed by atoms with van der Waals surface area (Å²) in [6.07, 6.45) is 0. The van der Waals surface area contributed by atoms with Crippen LogP contribution in [0.3, 0.4) is 0 Å². The zero-order valence-corrected chi connectivity index (χ0v) is 14.1. The van der Waals surface area contributed by atoms with Crippen molar-refractivity contribution in [3.8, 4) is 17.2 Å². The van der Waals surface area contributed by atoms with Crippen molar-refractivity contribution < 1.29 is 17.9 Å². The fraction of sp³-hybridized carbons (Fsp3) is 0.167. The Bertz CT molecular complexity index is 918. The molecule has 0 aliphatic rings. The van der Waals surface area contributed by atoms with Crippen LogP contribution in [-0.2, 0) is 0 Å². The van der Waals surface area contributed by atoms with Gasteiger partial charge in [-0.1, -0.05) is 16.9 Å². The maximum absolute atomic E-state index is 13.6. The summed E-state index contributed by atoms with van der Waals surface area (Å²) < 4.78 is 37.1. The minimum atomic E-state index is -1.14. The average Bonchev–Trinajstić information content (AvgIpc) is 3.16. The molecule has 3 aromatic rings. The zero-order chi connectivity index (χ0) is 17.3. The summed E-state index contributed by atoms with van der Waals surface area (Å²) in [7, 11) is 0. The SMILES string of the molecule is NCCSc1nonc1-c1noc(=O)n1-c1cc(F)c(F)c(Br)c1. The first kappa shape index (κ1) is 16.8. The predicted octanol–water partition coefficient (Wildman–Crippen LogP) is 1.97. The van der Waals surface area contributed by atoms with Crippen LogP contribution in [0.5, 0.6) is 0 Å². The maximum atomic E-state index is 13.6. The lowest BCUT2D eigenvalue weighted by atomic mass is 10.3. The van der Waals surface area contributed by atoms with Crippen LogP contribution in [-0.4, -0.2) is 32.3 Å². The van der Waals surface area contributed by atoms with E-state index in [1.807, 2.05) is 0 Å². The molecule has 0 aliphatic carbocycles. The largest absolute Gasteiger partial charge is 0.446 e. The Morgan fingerprint density at radius 3 is 2.79 bits per heavy atom. The first-order valence-corrected chi connectivity index (χ1v) is 8.20. The van der Waals surface area contributed by atoms with Crippen LogP contribution in [0.1, 0.15) is 0 Å². The van der Waals surface area contributed by atoms with E-state index in [0.29, 0.717) is 17.3 Å². The molecule has 0 bridgehead atoms. The topological polar surface area (TPSA) is 113 Å². The predicted molar refractivity (Wildman–Crippen MR) is 82.8 cm³/mol. The van der Waals surface area contributed by atoms with Crippen LogP contribution in [0.25, 0.3) is 17.2 Å². The van der Waals surface area contributed by atoms with Crippen molar-refractivity contribution in [1.29, 1.82) is 0 Å². The summed E-state index contributed by atoms with van der Waals surface area (Å²) in [6, 6.07) is 2.04. The van der Waals surface area contributed by atoms with Gasteiger partial charge in [0.05, 0.1) is 10.2 Å². The van der Waals surface area contributed by atoms with Gasteiger partial charge in [0.25, 0.3) is 0 Å². The van der Waals surface area contributed by atoms with Crippen molar-refractivity contribution in [1.82, 2.24) is 20.0 Å². The lowest BCUT2D eigenvalue weighted by Crippen LogP contribution is -2.14. The smallest absolute Gasteiger partial charge is 0.330 e. The van der Waals surface area contributed by atoms with Crippen molar-refractivity contribution in [2.45, 2.75) is 5.03 Å². The molecule has 8 nitrogen and oxygen atoms in total. The molecule has 0 radical (unpaired) electrons. The van der Waals surface area contributed by atoms with Crippen LogP contribution in [0, 0.1) is 11.6 Å². The molecule has 0 fully saturated rings. The van der Waals surface area contributed by atoms with Crippen molar-refractivity contribution in [3.05, 3.63) is 38.8 Å². The van der Waals surface area contributed by atoms with Crippen LogP contribution >= 0.6 is 27.7 Å². The summed E-state index contributed by atoms with van der Waals surface area (Å²) >= 11 is 4.12. The third-order valence-corrected chi connectivity index (χ3v) is 4.42.